The Bertz CT molecular complexity index is 761. The van der Waals surface area contributed by atoms with Crippen LogP contribution in [0, 0.1) is 0 Å². The average Bonchev–Trinajstić information content (AvgIpc) is 2.75. The number of rotatable bonds is 9. The zero-order valence-electron chi connectivity index (χ0n) is 16.1. The largest absolute Gasteiger partial charge is 0.497 e. The minimum Gasteiger partial charge on any atom is -0.497 e. The molecule has 0 N–H and O–H groups in total. The van der Waals surface area contributed by atoms with Crippen molar-refractivity contribution in [1.29, 1.82) is 0 Å². The van der Waals surface area contributed by atoms with Crippen molar-refractivity contribution in [2.45, 2.75) is 0 Å². The van der Waals surface area contributed by atoms with E-state index < -0.39 is 11.9 Å². The second-order valence-corrected chi connectivity index (χ2v) is 5.40. The summed E-state index contributed by atoms with van der Waals surface area (Å²) >= 11 is 0. The van der Waals surface area contributed by atoms with E-state index in [2.05, 4.69) is 0 Å². The molecule has 0 saturated heterocycles. The second kappa shape index (κ2) is 10.1. The van der Waals surface area contributed by atoms with Gasteiger partial charge in [0.1, 0.15) is 47.3 Å². The van der Waals surface area contributed by atoms with Crippen molar-refractivity contribution in [1.82, 2.24) is 0 Å². The smallest absolute Gasteiger partial charge is 0.342 e. The van der Waals surface area contributed by atoms with E-state index in [9.17, 15) is 9.59 Å². The molecular formula is C20H22O8. The number of hydrogen-bond acceptors (Lipinski definition) is 8. The highest BCUT2D eigenvalue weighted by Gasteiger charge is 2.17. The van der Waals surface area contributed by atoms with Crippen LogP contribution in [0.4, 0.5) is 0 Å². The molecule has 0 amide bonds. The van der Waals surface area contributed by atoms with Gasteiger partial charge < -0.3 is 28.4 Å². The number of ether oxygens (including phenoxy) is 6. The van der Waals surface area contributed by atoms with Gasteiger partial charge in [0.15, 0.2) is 0 Å². The lowest BCUT2D eigenvalue weighted by molar-refractivity contribution is 0.0262. The Morgan fingerprint density at radius 2 is 1.04 bits per heavy atom. The highest BCUT2D eigenvalue weighted by molar-refractivity contribution is 5.93. The SMILES string of the molecule is COc1ccc(C(=O)OCCOC(=O)c2ccc(OC)cc2OC)c(OC)c1. The molecule has 2 aromatic rings. The van der Waals surface area contributed by atoms with Gasteiger partial charge in [-0.1, -0.05) is 0 Å². The summed E-state index contributed by atoms with van der Waals surface area (Å²) in [5, 5.41) is 0. The first kappa shape index (κ1) is 20.9. The van der Waals surface area contributed by atoms with Crippen molar-refractivity contribution in [2.24, 2.45) is 0 Å². The van der Waals surface area contributed by atoms with Crippen LogP contribution in [0.15, 0.2) is 36.4 Å². The quantitative estimate of drug-likeness (QED) is 0.477. The highest BCUT2D eigenvalue weighted by Crippen LogP contribution is 2.26. The Morgan fingerprint density at radius 3 is 1.36 bits per heavy atom. The Hall–Kier alpha value is -3.42. The molecule has 8 heteroatoms. The van der Waals surface area contributed by atoms with Gasteiger partial charge in [-0.25, -0.2) is 9.59 Å². The molecule has 0 spiro atoms. The Labute approximate surface area is 162 Å². The Morgan fingerprint density at radius 1 is 0.643 bits per heavy atom. The third kappa shape index (κ3) is 5.06. The number of benzene rings is 2. The van der Waals surface area contributed by atoms with Gasteiger partial charge >= 0.3 is 11.9 Å². The fourth-order valence-corrected chi connectivity index (χ4v) is 2.36. The lowest BCUT2D eigenvalue weighted by Crippen LogP contribution is -2.15. The molecule has 8 nitrogen and oxygen atoms in total. The maximum atomic E-state index is 12.2. The molecule has 2 aromatic carbocycles. The van der Waals surface area contributed by atoms with Crippen LogP contribution < -0.4 is 18.9 Å². The molecule has 0 heterocycles. The molecule has 0 aliphatic carbocycles. The molecule has 0 aliphatic rings. The van der Waals surface area contributed by atoms with Crippen molar-refractivity contribution >= 4 is 11.9 Å². The lowest BCUT2D eigenvalue weighted by Gasteiger charge is -2.12. The summed E-state index contributed by atoms with van der Waals surface area (Å²) in [5.41, 5.74) is 0.484. The van der Waals surface area contributed by atoms with Crippen LogP contribution in [0.1, 0.15) is 20.7 Å². The second-order valence-electron chi connectivity index (χ2n) is 5.40. The van der Waals surface area contributed by atoms with Gasteiger partial charge in [0.05, 0.1) is 28.4 Å². The van der Waals surface area contributed by atoms with Crippen LogP contribution in [-0.4, -0.2) is 53.6 Å². The van der Waals surface area contributed by atoms with Gasteiger partial charge in [-0.3, -0.25) is 0 Å². The van der Waals surface area contributed by atoms with E-state index >= 15 is 0 Å². The summed E-state index contributed by atoms with van der Waals surface area (Å²) in [4.78, 5) is 24.4. The summed E-state index contributed by atoms with van der Waals surface area (Å²) in [7, 11) is 5.91. The molecule has 0 unspecified atom stereocenters. The van der Waals surface area contributed by atoms with E-state index in [1.54, 1.807) is 24.3 Å². The predicted octanol–water partition coefficient (Wildman–Crippen LogP) is 2.73. The standard InChI is InChI=1S/C20H22O8/c1-23-13-5-7-15(17(11-13)25-3)19(21)27-9-10-28-20(22)16-8-6-14(24-2)12-18(16)26-4/h5-8,11-12H,9-10H2,1-4H3. The minimum atomic E-state index is -0.599. The molecule has 28 heavy (non-hydrogen) atoms. The van der Waals surface area contributed by atoms with Crippen molar-refractivity contribution in [3.63, 3.8) is 0 Å². The van der Waals surface area contributed by atoms with E-state index in [1.807, 2.05) is 0 Å². The zero-order valence-corrected chi connectivity index (χ0v) is 16.1. The fourth-order valence-electron chi connectivity index (χ4n) is 2.36. The first-order valence-corrected chi connectivity index (χ1v) is 8.32. The lowest BCUT2D eigenvalue weighted by atomic mass is 10.2. The molecule has 0 aromatic heterocycles. The van der Waals surface area contributed by atoms with Crippen molar-refractivity contribution in [2.75, 3.05) is 41.7 Å². The van der Waals surface area contributed by atoms with Crippen LogP contribution in [-0.2, 0) is 9.47 Å². The van der Waals surface area contributed by atoms with Crippen LogP contribution in [0.5, 0.6) is 23.0 Å². The van der Waals surface area contributed by atoms with E-state index in [0.717, 1.165) is 0 Å². The molecule has 150 valence electrons. The third-order valence-corrected chi connectivity index (χ3v) is 3.81. The molecule has 0 aliphatic heterocycles. The maximum Gasteiger partial charge on any atom is 0.342 e. The summed E-state index contributed by atoms with van der Waals surface area (Å²) < 4.78 is 30.8. The molecule has 2 rings (SSSR count). The fraction of sp³-hybridized carbons (Fsp3) is 0.300. The Balaban J connectivity index is 1.90. The molecular weight excluding hydrogens is 368 g/mol. The molecule has 0 fully saturated rings. The summed E-state index contributed by atoms with van der Waals surface area (Å²) in [5.74, 6) is 0.551. The minimum absolute atomic E-state index is 0.113. The van der Waals surface area contributed by atoms with Gasteiger partial charge in [0, 0.05) is 12.1 Å². The van der Waals surface area contributed by atoms with Crippen molar-refractivity contribution in [3.8, 4) is 23.0 Å². The topological polar surface area (TPSA) is 89.5 Å². The maximum absolute atomic E-state index is 12.2. The van der Waals surface area contributed by atoms with Gasteiger partial charge in [0.2, 0.25) is 0 Å². The van der Waals surface area contributed by atoms with E-state index in [0.29, 0.717) is 23.0 Å². The highest BCUT2D eigenvalue weighted by atomic mass is 16.6. The van der Waals surface area contributed by atoms with E-state index in [-0.39, 0.29) is 24.3 Å². The van der Waals surface area contributed by atoms with Crippen molar-refractivity contribution in [3.05, 3.63) is 47.5 Å². The first-order chi connectivity index (χ1) is 13.5. The van der Waals surface area contributed by atoms with E-state index in [1.165, 1.54) is 40.6 Å². The van der Waals surface area contributed by atoms with Gasteiger partial charge in [-0.15, -0.1) is 0 Å². The normalized spacial score (nSPS) is 10.0. The number of carbonyl (C=O) groups is 2. The van der Waals surface area contributed by atoms with Crippen LogP contribution >= 0.6 is 0 Å². The van der Waals surface area contributed by atoms with Gasteiger partial charge in [0.25, 0.3) is 0 Å². The Kier molecular flexibility index (Phi) is 7.50. The van der Waals surface area contributed by atoms with Crippen LogP contribution in [0.2, 0.25) is 0 Å². The van der Waals surface area contributed by atoms with Crippen LogP contribution in [0.25, 0.3) is 0 Å². The third-order valence-electron chi connectivity index (χ3n) is 3.81. The average molecular weight is 390 g/mol. The predicted molar refractivity (Wildman–Crippen MR) is 99.7 cm³/mol. The number of hydrogen-bond donors (Lipinski definition) is 0. The number of carbonyl (C=O) groups excluding carboxylic acids is 2. The van der Waals surface area contributed by atoms with Crippen LogP contribution in [0.3, 0.4) is 0 Å². The number of esters is 2. The molecule has 0 bridgehead atoms. The summed E-state index contributed by atoms with van der Waals surface area (Å²) in [6.45, 7) is -0.226. The first-order valence-electron chi connectivity index (χ1n) is 8.32. The molecule has 0 saturated carbocycles. The van der Waals surface area contributed by atoms with Gasteiger partial charge in [-0.05, 0) is 24.3 Å². The molecule has 0 radical (unpaired) electrons. The van der Waals surface area contributed by atoms with E-state index in [4.69, 9.17) is 28.4 Å². The number of methoxy groups -OCH3 is 4. The monoisotopic (exact) mass is 390 g/mol. The van der Waals surface area contributed by atoms with Crippen molar-refractivity contribution < 1.29 is 38.0 Å². The molecule has 0 atom stereocenters. The zero-order chi connectivity index (χ0) is 20.5. The van der Waals surface area contributed by atoms with Gasteiger partial charge in [-0.2, -0.15) is 0 Å². The summed E-state index contributed by atoms with van der Waals surface area (Å²) in [6.07, 6.45) is 0. The summed E-state index contributed by atoms with van der Waals surface area (Å²) in [6, 6.07) is 9.46.